The smallest absolute Gasteiger partial charge is 0.0938 e. The molecule has 0 aliphatic carbocycles. The van der Waals surface area contributed by atoms with Gasteiger partial charge < -0.3 is 0 Å². The molecule has 1 aliphatic heterocycles. The second-order valence-corrected chi connectivity index (χ2v) is 3.30. The van der Waals surface area contributed by atoms with Crippen LogP contribution in [0.3, 0.4) is 0 Å². The van der Waals surface area contributed by atoms with E-state index >= 15 is 0 Å². The first-order chi connectivity index (χ1) is 5.27. The van der Waals surface area contributed by atoms with Crippen molar-refractivity contribution < 1.29 is 0 Å². The van der Waals surface area contributed by atoms with Gasteiger partial charge in [-0.2, -0.15) is 5.10 Å². The van der Waals surface area contributed by atoms with Crippen LogP contribution in [0.2, 0.25) is 0 Å². The lowest BCUT2D eigenvalue weighted by Gasteiger charge is -2.18. The van der Waals surface area contributed by atoms with Gasteiger partial charge in [-0.1, -0.05) is 0 Å². The average Bonchev–Trinajstić information content (AvgIpc) is 2.40. The molecule has 0 unspecified atom stereocenters. The average molecular weight is 151 g/mol. The van der Waals surface area contributed by atoms with Crippen molar-refractivity contribution in [2.45, 2.75) is 33.1 Å². The van der Waals surface area contributed by atoms with Crippen LogP contribution in [0, 0.1) is 0 Å². The molecule has 11 heavy (non-hydrogen) atoms. The van der Waals surface area contributed by atoms with Crippen LogP contribution in [0.5, 0.6) is 0 Å². The van der Waals surface area contributed by atoms with Crippen LogP contribution < -0.4 is 0 Å². The Hall–Kier alpha value is -0.830. The molecule has 3 nitrogen and oxygen atoms in total. The zero-order valence-corrected chi connectivity index (χ0v) is 6.99. The first-order valence-corrected chi connectivity index (χ1v) is 4.02. The van der Waals surface area contributed by atoms with E-state index in [1.54, 1.807) is 0 Å². The lowest BCUT2D eigenvalue weighted by molar-refractivity contribution is 0.198. The van der Waals surface area contributed by atoms with Crippen molar-refractivity contribution in [2.24, 2.45) is 0 Å². The summed E-state index contributed by atoms with van der Waals surface area (Å²) in [5.41, 5.74) is 1.33. The SMILES string of the molecule is CC(C)N1Cc2ccnn2C1. The van der Waals surface area contributed by atoms with Gasteiger partial charge in [-0.05, 0) is 19.9 Å². The van der Waals surface area contributed by atoms with Gasteiger partial charge in [0.2, 0.25) is 0 Å². The van der Waals surface area contributed by atoms with Crippen LogP contribution in [0.25, 0.3) is 0 Å². The highest BCUT2D eigenvalue weighted by Crippen LogP contribution is 2.15. The largest absolute Gasteiger partial charge is 0.276 e. The standard InChI is InChI=1S/C8H13N3/c1-7(2)10-5-8-3-4-9-11(8)6-10/h3-4,7H,5-6H2,1-2H3. The van der Waals surface area contributed by atoms with E-state index in [9.17, 15) is 0 Å². The first-order valence-electron chi connectivity index (χ1n) is 4.02. The van der Waals surface area contributed by atoms with E-state index in [4.69, 9.17) is 0 Å². The summed E-state index contributed by atoms with van der Waals surface area (Å²) in [6.45, 7) is 6.44. The van der Waals surface area contributed by atoms with Crippen molar-refractivity contribution in [3.63, 3.8) is 0 Å². The van der Waals surface area contributed by atoms with Gasteiger partial charge in [-0.15, -0.1) is 0 Å². The maximum Gasteiger partial charge on any atom is 0.0938 e. The van der Waals surface area contributed by atoms with Gasteiger partial charge in [0.05, 0.1) is 12.4 Å². The lowest BCUT2D eigenvalue weighted by atomic mass is 10.3. The molecule has 2 heterocycles. The first kappa shape index (κ1) is 6.85. The van der Waals surface area contributed by atoms with Gasteiger partial charge in [-0.3, -0.25) is 9.58 Å². The summed E-state index contributed by atoms with van der Waals surface area (Å²) in [6.07, 6.45) is 1.87. The van der Waals surface area contributed by atoms with Crippen molar-refractivity contribution in [3.8, 4) is 0 Å². The van der Waals surface area contributed by atoms with Crippen molar-refractivity contribution >= 4 is 0 Å². The van der Waals surface area contributed by atoms with E-state index in [-0.39, 0.29) is 0 Å². The highest BCUT2D eigenvalue weighted by molar-refractivity contribution is 5.03. The molecule has 0 spiro atoms. The summed E-state index contributed by atoms with van der Waals surface area (Å²) in [4.78, 5) is 2.39. The fourth-order valence-corrected chi connectivity index (χ4v) is 1.40. The van der Waals surface area contributed by atoms with Gasteiger partial charge in [0.25, 0.3) is 0 Å². The van der Waals surface area contributed by atoms with Crippen LogP contribution in [0.15, 0.2) is 12.3 Å². The minimum atomic E-state index is 0.622. The Morgan fingerprint density at radius 2 is 2.36 bits per heavy atom. The number of nitrogens with zero attached hydrogens (tertiary/aromatic N) is 3. The van der Waals surface area contributed by atoms with E-state index in [2.05, 4.69) is 34.6 Å². The molecule has 1 aliphatic rings. The molecule has 0 bridgehead atoms. The molecule has 60 valence electrons. The summed E-state index contributed by atoms with van der Waals surface area (Å²) in [6, 6.07) is 2.71. The van der Waals surface area contributed by atoms with E-state index < -0.39 is 0 Å². The third-order valence-corrected chi connectivity index (χ3v) is 2.22. The van der Waals surface area contributed by atoms with Gasteiger partial charge in [0, 0.05) is 18.8 Å². The van der Waals surface area contributed by atoms with Crippen LogP contribution >= 0.6 is 0 Å². The number of rotatable bonds is 1. The number of hydrogen-bond acceptors (Lipinski definition) is 2. The van der Waals surface area contributed by atoms with Crippen LogP contribution in [0.4, 0.5) is 0 Å². The monoisotopic (exact) mass is 151 g/mol. The van der Waals surface area contributed by atoms with Gasteiger partial charge in [-0.25, -0.2) is 0 Å². The van der Waals surface area contributed by atoms with Gasteiger partial charge >= 0.3 is 0 Å². The lowest BCUT2D eigenvalue weighted by Crippen LogP contribution is -2.25. The van der Waals surface area contributed by atoms with Crippen molar-refractivity contribution in [1.82, 2.24) is 14.7 Å². The zero-order chi connectivity index (χ0) is 7.84. The molecule has 0 radical (unpaired) electrons. The van der Waals surface area contributed by atoms with E-state index in [0.717, 1.165) is 13.2 Å². The van der Waals surface area contributed by atoms with Crippen LogP contribution in [0.1, 0.15) is 19.5 Å². The zero-order valence-electron chi connectivity index (χ0n) is 6.99. The topological polar surface area (TPSA) is 21.1 Å². The molecule has 0 amide bonds. The molecule has 1 aromatic heterocycles. The van der Waals surface area contributed by atoms with Gasteiger partial charge in [0.15, 0.2) is 0 Å². The molecular formula is C8H13N3. The van der Waals surface area contributed by atoms with Gasteiger partial charge in [0.1, 0.15) is 0 Å². The predicted molar refractivity (Wildman–Crippen MR) is 42.9 cm³/mol. The minimum absolute atomic E-state index is 0.622. The molecule has 0 fully saturated rings. The number of hydrogen-bond donors (Lipinski definition) is 0. The molecule has 0 aromatic carbocycles. The van der Waals surface area contributed by atoms with E-state index in [0.29, 0.717) is 6.04 Å². The van der Waals surface area contributed by atoms with Crippen LogP contribution in [-0.4, -0.2) is 20.7 Å². The third kappa shape index (κ3) is 1.05. The molecule has 0 atom stereocenters. The highest BCUT2D eigenvalue weighted by Gasteiger charge is 2.20. The quantitative estimate of drug-likeness (QED) is 0.598. The van der Waals surface area contributed by atoms with Crippen LogP contribution in [-0.2, 0) is 13.2 Å². The summed E-state index contributed by atoms with van der Waals surface area (Å²) < 4.78 is 2.06. The predicted octanol–water partition coefficient (Wildman–Crippen LogP) is 1.06. The van der Waals surface area contributed by atoms with E-state index in [1.165, 1.54) is 5.69 Å². The van der Waals surface area contributed by atoms with Crippen molar-refractivity contribution in [1.29, 1.82) is 0 Å². The molecule has 0 saturated heterocycles. The second-order valence-electron chi connectivity index (χ2n) is 3.30. The maximum absolute atomic E-state index is 4.20. The highest BCUT2D eigenvalue weighted by atomic mass is 15.4. The van der Waals surface area contributed by atoms with E-state index in [1.807, 2.05) is 6.20 Å². The fraction of sp³-hybridized carbons (Fsp3) is 0.625. The summed E-state index contributed by atoms with van der Waals surface area (Å²) in [7, 11) is 0. The van der Waals surface area contributed by atoms with Crippen molar-refractivity contribution in [2.75, 3.05) is 0 Å². The number of aromatic nitrogens is 2. The second kappa shape index (κ2) is 2.34. The summed E-state index contributed by atoms with van der Waals surface area (Å²) >= 11 is 0. The summed E-state index contributed by atoms with van der Waals surface area (Å²) in [5.74, 6) is 0. The molecular weight excluding hydrogens is 138 g/mol. The summed E-state index contributed by atoms with van der Waals surface area (Å²) in [5, 5.41) is 4.20. The number of fused-ring (bicyclic) bond motifs is 1. The Bertz CT molecular complexity index is 231. The molecule has 0 saturated carbocycles. The molecule has 3 heteroatoms. The molecule has 2 rings (SSSR count). The Labute approximate surface area is 66.6 Å². The Morgan fingerprint density at radius 3 is 3.00 bits per heavy atom. The molecule has 0 N–H and O–H groups in total. The molecule has 1 aromatic rings. The fourth-order valence-electron chi connectivity index (χ4n) is 1.40. The van der Waals surface area contributed by atoms with Crippen molar-refractivity contribution in [3.05, 3.63) is 18.0 Å². The maximum atomic E-state index is 4.20. The Morgan fingerprint density at radius 1 is 1.55 bits per heavy atom. The normalized spacial score (nSPS) is 17.7. The Balaban J connectivity index is 2.16. The minimum Gasteiger partial charge on any atom is -0.276 e. The third-order valence-electron chi connectivity index (χ3n) is 2.22. The Kier molecular flexibility index (Phi) is 1.46.